The standard InChI is InChI=1S/C16H15BrFNO2/c1-10-8-13(18)4-2-11(10)6-7-19-15-5-3-12(16(20)21)9-14(15)17/h2-5,8-9,19H,6-7H2,1H3,(H,20,21). The highest BCUT2D eigenvalue weighted by Gasteiger charge is 2.06. The third kappa shape index (κ3) is 4.04. The van der Waals surface area contributed by atoms with Crippen LogP contribution in [0.5, 0.6) is 0 Å². The number of rotatable bonds is 5. The van der Waals surface area contributed by atoms with E-state index in [0.717, 1.165) is 23.2 Å². The molecule has 3 nitrogen and oxygen atoms in total. The fourth-order valence-electron chi connectivity index (χ4n) is 2.06. The van der Waals surface area contributed by atoms with Gasteiger partial charge in [-0.1, -0.05) is 6.07 Å². The Bertz CT molecular complexity index is 673. The first-order chi connectivity index (χ1) is 9.97. The van der Waals surface area contributed by atoms with Gasteiger partial charge >= 0.3 is 5.97 Å². The Labute approximate surface area is 130 Å². The number of hydrogen-bond donors (Lipinski definition) is 2. The van der Waals surface area contributed by atoms with Crippen LogP contribution in [-0.2, 0) is 6.42 Å². The summed E-state index contributed by atoms with van der Waals surface area (Å²) in [4.78, 5) is 10.9. The maximum absolute atomic E-state index is 13.0. The molecule has 110 valence electrons. The van der Waals surface area contributed by atoms with E-state index in [9.17, 15) is 9.18 Å². The molecule has 2 rings (SSSR count). The molecule has 2 aromatic rings. The van der Waals surface area contributed by atoms with Crippen molar-refractivity contribution in [1.82, 2.24) is 0 Å². The van der Waals surface area contributed by atoms with Gasteiger partial charge in [0.15, 0.2) is 0 Å². The summed E-state index contributed by atoms with van der Waals surface area (Å²) >= 11 is 3.35. The number of halogens is 2. The van der Waals surface area contributed by atoms with Gasteiger partial charge in [0.25, 0.3) is 0 Å². The average Bonchev–Trinajstić information content (AvgIpc) is 2.42. The second-order valence-corrected chi connectivity index (χ2v) is 5.60. The molecule has 0 aliphatic carbocycles. The number of aromatic carboxylic acids is 1. The van der Waals surface area contributed by atoms with Crippen LogP contribution in [0.2, 0.25) is 0 Å². The summed E-state index contributed by atoms with van der Waals surface area (Å²) in [6.45, 7) is 2.56. The first-order valence-electron chi connectivity index (χ1n) is 6.49. The fourth-order valence-corrected chi connectivity index (χ4v) is 2.58. The molecule has 0 aliphatic rings. The monoisotopic (exact) mass is 351 g/mol. The van der Waals surface area contributed by atoms with Gasteiger partial charge in [0.05, 0.1) is 5.56 Å². The van der Waals surface area contributed by atoms with Gasteiger partial charge in [-0.3, -0.25) is 0 Å². The Morgan fingerprint density at radius 2 is 2.05 bits per heavy atom. The number of aryl methyl sites for hydroxylation is 1. The van der Waals surface area contributed by atoms with Crippen LogP contribution in [-0.4, -0.2) is 17.6 Å². The number of benzene rings is 2. The van der Waals surface area contributed by atoms with E-state index in [1.54, 1.807) is 24.3 Å². The number of anilines is 1. The Kier molecular flexibility index (Phi) is 4.96. The minimum absolute atomic E-state index is 0.226. The van der Waals surface area contributed by atoms with Crippen molar-refractivity contribution in [3.63, 3.8) is 0 Å². The Balaban J connectivity index is 1.99. The second-order valence-electron chi connectivity index (χ2n) is 4.75. The van der Waals surface area contributed by atoms with Gasteiger partial charge < -0.3 is 10.4 Å². The predicted octanol–water partition coefficient (Wildman–Crippen LogP) is 4.25. The zero-order valence-corrected chi connectivity index (χ0v) is 13.1. The highest BCUT2D eigenvalue weighted by molar-refractivity contribution is 9.10. The summed E-state index contributed by atoms with van der Waals surface area (Å²) in [7, 11) is 0. The quantitative estimate of drug-likeness (QED) is 0.846. The molecule has 2 N–H and O–H groups in total. The van der Waals surface area contributed by atoms with Crippen LogP contribution in [0.4, 0.5) is 10.1 Å². The topological polar surface area (TPSA) is 49.3 Å². The van der Waals surface area contributed by atoms with Crippen molar-refractivity contribution in [2.24, 2.45) is 0 Å². The van der Waals surface area contributed by atoms with E-state index in [-0.39, 0.29) is 11.4 Å². The van der Waals surface area contributed by atoms with E-state index in [1.807, 2.05) is 6.92 Å². The third-order valence-corrected chi connectivity index (χ3v) is 3.89. The van der Waals surface area contributed by atoms with E-state index in [1.165, 1.54) is 12.1 Å². The van der Waals surface area contributed by atoms with Crippen molar-refractivity contribution in [3.05, 3.63) is 63.4 Å². The smallest absolute Gasteiger partial charge is 0.335 e. The number of nitrogens with one attached hydrogen (secondary N) is 1. The van der Waals surface area contributed by atoms with Crippen LogP contribution in [0.25, 0.3) is 0 Å². The van der Waals surface area contributed by atoms with Crippen LogP contribution in [0.15, 0.2) is 40.9 Å². The number of carbonyl (C=O) groups is 1. The molecule has 0 unspecified atom stereocenters. The molecule has 0 bridgehead atoms. The van der Waals surface area contributed by atoms with Gasteiger partial charge in [-0.25, -0.2) is 9.18 Å². The maximum Gasteiger partial charge on any atom is 0.335 e. The highest BCUT2D eigenvalue weighted by Crippen LogP contribution is 2.23. The molecule has 0 aliphatic heterocycles. The largest absolute Gasteiger partial charge is 0.478 e. The number of carboxylic acid groups (broad SMARTS) is 1. The molecule has 0 heterocycles. The number of carboxylic acids is 1. The molecule has 5 heteroatoms. The van der Waals surface area contributed by atoms with Crippen molar-refractivity contribution in [3.8, 4) is 0 Å². The van der Waals surface area contributed by atoms with Crippen molar-refractivity contribution in [2.75, 3.05) is 11.9 Å². The third-order valence-electron chi connectivity index (χ3n) is 3.23. The van der Waals surface area contributed by atoms with Crippen molar-refractivity contribution in [1.29, 1.82) is 0 Å². The molecule has 0 amide bonds. The van der Waals surface area contributed by atoms with Crippen LogP contribution in [0.3, 0.4) is 0 Å². The van der Waals surface area contributed by atoms with Gasteiger partial charge in [-0.05, 0) is 70.7 Å². The van der Waals surface area contributed by atoms with E-state index in [2.05, 4.69) is 21.2 Å². The van der Waals surface area contributed by atoms with E-state index in [0.29, 0.717) is 11.0 Å². The minimum Gasteiger partial charge on any atom is -0.478 e. The molecule has 2 aromatic carbocycles. The summed E-state index contributed by atoms with van der Waals surface area (Å²) in [6.07, 6.45) is 0.763. The Morgan fingerprint density at radius 3 is 2.67 bits per heavy atom. The summed E-state index contributed by atoms with van der Waals surface area (Å²) in [5.74, 6) is -1.18. The lowest BCUT2D eigenvalue weighted by Gasteiger charge is -2.10. The molecule has 0 radical (unpaired) electrons. The van der Waals surface area contributed by atoms with Crippen LogP contribution in [0, 0.1) is 12.7 Å². The van der Waals surface area contributed by atoms with Crippen molar-refractivity contribution < 1.29 is 14.3 Å². The molecule has 0 atom stereocenters. The van der Waals surface area contributed by atoms with Crippen molar-refractivity contribution >= 4 is 27.6 Å². The molecule has 0 fully saturated rings. The Morgan fingerprint density at radius 1 is 1.29 bits per heavy atom. The molecule has 0 aromatic heterocycles. The lowest BCUT2D eigenvalue weighted by atomic mass is 10.1. The molecule has 0 saturated heterocycles. The average molecular weight is 352 g/mol. The first kappa shape index (κ1) is 15.5. The van der Waals surface area contributed by atoms with E-state index < -0.39 is 5.97 Å². The van der Waals surface area contributed by atoms with E-state index in [4.69, 9.17) is 5.11 Å². The predicted molar refractivity (Wildman–Crippen MR) is 84.4 cm³/mol. The summed E-state index contributed by atoms with van der Waals surface area (Å²) in [6, 6.07) is 9.61. The van der Waals surface area contributed by atoms with Crippen molar-refractivity contribution in [2.45, 2.75) is 13.3 Å². The first-order valence-corrected chi connectivity index (χ1v) is 7.28. The molecule has 0 spiro atoms. The summed E-state index contributed by atoms with van der Waals surface area (Å²) in [5.41, 5.74) is 3.08. The SMILES string of the molecule is Cc1cc(F)ccc1CCNc1ccc(C(=O)O)cc1Br. The molecule has 0 saturated carbocycles. The lowest BCUT2D eigenvalue weighted by molar-refractivity contribution is 0.0697. The van der Waals surface area contributed by atoms with Crippen LogP contribution in [0.1, 0.15) is 21.5 Å². The van der Waals surface area contributed by atoms with Gasteiger partial charge in [-0.15, -0.1) is 0 Å². The van der Waals surface area contributed by atoms with Crippen LogP contribution >= 0.6 is 15.9 Å². The van der Waals surface area contributed by atoms with Crippen LogP contribution < -0.4 is 5.32 Å². The summed E-state index contributed by atoms with van der Waals surface area (Å²) in [5, 5.41) is 12.1. The fraction of sp³-hybridized carbons (Fsp3) is 0.188. The van der Waals surface area contributed by atoms with Gasteiger partial charge in [0.2, 0.25) is 0 Å². The lowest BCUT2D eigenvalue weighted by Crippen LogP contribution is -2.07. The summed E-state index contributed by atoms with van der Waals surface area (Å²) < 4.78 is 13.7. The zero-order chi connectivity index (χ0) is 15.4. The van der Waals surface area contributed by atoms with E-state index >= 15 is 0 Å². The zero-order valence-electron chi connectivity index (χ0n) is 11.5. The number of hydrogen-bond acceptors (Lipinski definition) is 2. The molecular weight excluding hydrogens is 337 g/mol. The van der Waals surface area contributed by atoms with Gasteiger partial charge in [-0.2, -0.15) is 0 Å². The van der Waals surface area contributed by atoms with Gasteiger partial charge in [0.1, 0.15) is 5.82 Å². The molecular formula is C16H15BrFNO2. The highest BCUT2D eigenvalue weighted by atomic mass is 79.9. The van der Waals surface area contributed by atoms with Gasteiger partial charge in [0, 0.05) is 16.7 Å². The normalized spacial score (nSPS) is 10.4. The minimum atomic E-state index is -0.954. The molecule has 21 heavy (non-hydrogen) atoms. The second kappa shape index (κ2) is 6.72. The Hall–Kier alpha value is -1.88. The maximum atomic E-state index is 13.0.